The van der Waals surface area contributed by atoms with Gasteiger partial charge in [-0.05, 0) is 0 Å². The van der Waals surface area contributed by atoms with Crippen LogP contribution in [0.3, 0.4) is 0 Å². The number of hydrogen-bond donors (Lipinski definition) is 0. The molecule has 0 fully saturated rings. The Kier molecular flexibility index (Phi) is 5.38. The highest BCUT2D eigenvalue weighted by Gasteiger charge is 2.93. The SMILES string of the molecule is FC(F)(F)C(C(F)(F)F)C(F)(C(F)(F)F)C(F)(F)C(F)(F)C(F)(F)F. The van der Waals surface area contributed by atoms with E-state index in [4.69, 9.17) is 0 Å². The van der Waals surface area contributed by atoms with Crippen LogP contribution in [0.2, 0.25) is 0 Å². The largest absolute Gasteiger partial charge is 0.460 e. The molecule has 0 saturated heterocycles. The van der Waals surface area contributed by atoms with Crippen LogP contribution in [-0.2, 0) is 0 Å². The van der Waals surface area contributed by atoms with Gasteiger partial charge in [0.1, 0.15) is 0 Å². The molecule has 0 heterocycles. The Hall–Kier alpha value is -1.19. The second kappa shape index (κ2) is 5.65. The minimum atomic E-state index is -8.54. The molecule has 0 aliphatic rings. The van der Waals surface area contributed by atoms with Crippen LogP contribution >= 0.6 is 0 Å². The fourth-order valence-electron chi connectivity index (χ4n) is 1.57. The standard InChI is InChI=1S/C8HF17/c9-2(7(20,21)22,1(3(10,11)12)4(13,14)15)5(16,17)6(18,19)8(23,24)25/h1H. The van der Waals surface area contributed by atoms with E-state index in [1.165, 1.54) is 0 Å². The summed E-state index contributed by atoms with van der Waals surface area (Å²) in [7, 11) is 0. The van der Waals surface area contributed by atoms with E-state index in [-0.39, 0.29) is 0 Å². The molecular weight excluding hydrogens is 419 g/mol. The highest BCUT2D eigenvalue weighted by Crippen LogP contribution is 2.64. The quantitative estimate of drug-likeness (QED) is 0.505. The summed E-state index contributed by atoms with van der Waals surface area (Å²) in [5, 5.41) is 0. The van der Waals surface area contributed by atoms with Crippen LogP contribution in [0.5, 0.6) is 0 Å². The van der Waals surface area contributed by atoms with Crippen molar-refractivity contribution < 1.29 is 74.6 Å². The lowest BCUT2D eigenvalue weighted by Gasteiger charge is -2.43. The summed E-state index contributed by atoms with van der Waals surface area (Å²) in [4.78, 5) is 0. The predicted octanol–water partition coefficient (Wildman–Crippen LogP) is 5.83. The van der Waals surface area contributed by atoms with Crippen molar-refractivity contribution in [3.8, 4) is 0 Å². The molecule has 25 heavy (non-hydrogen) atoms. The topological polar surface area (TPSA) is 0 Å². The molecule has 0 N–H and O–H groups in total. The molecule has 0 aromatic carbocycles. The number of hydrogen-bond acceptors (Lipinski definition) is 0. The van der Waals surface area contributed by atoms with Gasteiger partial charge >= 0.3 is 36.6 Å². The molecule has 0 saturated carbocycles. The number of rotatable bonds is 3. The van der Waals surface area contributed by atoms with Gasteiger partial charge in [-0.2, -0.15) is 70.2 Å². The molecule has 0 aromatic rings. The van der Waals surface area contributed by atoms with Gasteiger partial charge in [0.2, 0.25) is 0 Å². The van der Waals surface area contributed by atoms with Crippen molar-refractivity contribution in [1.29, 1.82) is 0 Å². The van der Waals surface area contributed by atoms with Crippen LogP contribution in [0.1, 0.15) is 0 Å². The summed E-state index contributed by atoms with van der Waals surface area (Å²) in [6.07, 6.45) is -31.3. The van der Waals surface area contributed by atoms with E-state index in [0.717, 1.165) is 0 Å². The van der Waals surface area contributed by atoms with Gasteiger partial charge in [-0.1, -0.05) is 0 Å². The Bertz CT molecular complexity index is 457. The Morgan fingerprint density at radius 1 is 0.360 bits per heavy atom. The van der Waals surface area contributed by atoms with Crippen molar-refractivity contribution in [3.63, 3.8) is 0 Å². The van der Waals surface area contributed by atoms with Crippen LogP contribution in [-0.4, -0.2) is 42.2 Å². The number of halogens is 17. The van der Waals surface area contributed by atoms with Crippen LogP contribution < -0.4 is 0 Å². The third kappa shape index (κ3) is 3.54. The van der Waals surface area contributed by atoms with E-state index in [0.29, 0.717) is 0 Å². The van der Waals surface area contributed by atoms with E-state index >= 15 is 0 Å². The zero-order valence-electron chi connectivity index (χ0n) is 10.5. The first-order valence-corrected chi connectivity index (χ1v) is 5.08. The lowest BCUT2D eigenvalue weighted by atomic mass is 9.78. The van der Waals surface area contributed by atoms with Gasteiger partial charge in [0.25, 0.3) is 5.67 Å². The highest BCUT2D eigenvalue weighted by atomic mass is 19.4. The third-order valence-electron chi connectivity index (χ3n) is 2.67. The maximum Gasteiger partial charge on any atom is 0.460 e. The van der Waals surface area contributed by atoms with Gasteiger partial charge in [-0.15, -0.1) is 0 Å². The van der Waals surface area contributed by atoms with E-state index < -0.39 is 48.1 Å². The maximum atomic E-state index is 13.5. The Balaban J connectivity index is 7.03. The molecule has 0 bridgehead atoms. The van der Waals surface area contributed by atoms with Crippen molar-refractivity contribution >= 4 is 0 Å². The summed E-state index contributed by atoms with van der Waals surface area (Å²) in [5.74, 6) is -23.7. The fourth-order valence-corrected chi connectivity index (χ4v) is 1.57. The normalized spacial score (nSPS) is 18.5. The van der Waals surface area contributed by atoms with Gasteiger partial charge < -0.3 is 0 Å². The van der Waals surface area contributed by atoms with Gasteiger partial charge in [0, 0.05) is 0 Å². The Labute approximate surface area is 124 Å². The van der Waals surface area contributed by atoms with Crippen molar-refractivity contribution in [2.75, 3.05) is 0 Å². The summed E-state index contributed by atoms with van der Waals surface area (Å²) in [6.45, 7) is 0. The Morgan fingerprint density at radius 3 is 0.800 bits per heavy atom. The van der Waals surface area contributed by atoms with Crippen LogP contribution in [0.15, 0.2) is 0 Å². The molecule has 0 spiro atoms. The zero-order chi connectivity index (χ0) is 21.1. The molecule has 0 aromatic heterocycles. The van der Waals surface area contributed by atoms with Crippen LogP contribution in [0.4, 0.5) is 74.6 Å². The summed E-state index contributed by atoms with van der Waals surface area (Å²) in [5.41, 5.74) is -8.39. The average Bonchev–Trinajstić information content (AvgIpc) is 2.20. The minimum absolute atomic E-state index is 6.93. The molecule has 152 valence electrons. The molecule has 0 aliphatic carbocycles. The first-order chi connectivity index (χ1) is 10.4. The second-order valence-electron chi connectivity index (χ2n) is 4.37. The minimum Gasteiger partial charge on any atom is -0.226 e. The van der Waals surface area contributed by atoms with Gasteiger partial charge in [-0.3, -0.25) is 0 Å². The molecule has 1 unspecified atom stereocenters. The number of alkyl halides is 17. The molecular formula is C8HF17. The smallest absolute Gasteiger partial charge is 0.226 e. The van der Waals surface area contributed by atoms with Gasteiger partial charge in [-0.25, -0.2) is 4.39 Å². The first-order valence-electron chi connectivity index (χ1n) is 5.08. The first kappa shape index (κ1) is 23.8. The summed E-state index contributed by atoms with van der Waals surface area (Å²) < 4.78 is 209. The molecule has 0 rings (SSSR count). The second-order valence-corrected chi connectivity index (χ2v) is 4.37. The summed E-state index contributed by atoms with van der Waals surface area (Å²) >= 11 is 0. The molecule has 1 atom stereocenters. The van der Waals surface area contributed by atoms with E-state index in [1.807, 2.05) is 0 Å². The van der Waals surface area contributed by atoms with Crippen LogP contribution in [0.25, 0.3) is 0 Å². The zero-order valence-corrected chi connectivity index (χ0v) is 10.5. The van der Waals surface area contributed by atoms with Gasteiger partial charge in [0.15, 0.2) is 5.92 Å². The van der Waals surface area contributed by atoms with Crippen molar-refractivity contribution in [2.24, 2.45) is 5.92 Å². The van der Waals surface area contributed by atoms with Crippen molar-refractivity contribution in [3.05, 3.63) is 0 Å². The summed E-state index contributed by atoms with van der Waals surface area (Å²) in [6, 6.07) is 0. The van der Waals surface area contributed by atoms with E-state index in [2.05, 4.69) is 0 Å². The monoisotopic (exact) mass is 420 g/mol. The third-order valence-corrected chi connectivity index (χ3v) is 2.67. The average molecular weight is 420 g/mol. The molecule has 0 aliphatic heterocycles. The maximum absolute atomic E-state index is 13.5. The predicted molar refractivity (Wildman–Crippen MR) is 41.4 cm³/mol. The lowest BCUT2D eigenvalue weighted by molar-refractivity contribution is -0.453. The lowest BCUT2D eigenvalue weighted by Crippen LogP contribution is -2.73. The molecule has 0 radical (unpaired) electrons. The van der Waals surface area contributed by atoms with E-state index in [1.54, 1.807) is 0 Å². The molecule has 0 nitrogen and oxygen atoms in total. The molecule has 17 heteroatoms. The van der Waals surface area contributed by atoms with E-state index in [9.17, 15) is 74.6 Å². The van der Waals surface area contributed by atoms with Gasteiger partial charge in [0.05, 0.1) is 0 Å². The highest BCUT2D eigenvalue weighted by molar-refractivity contribution is 5.14. The van der Waals surface area contributed by atoms with Crippen LogP contribution in [0, 0.1) is 5.92 Å². The van der Waals surface area contributed by atoms with Crippen molar-refractivity contribution in [1.82, 2.24) is 0 Å². The fraction of sp³-hybridized carbons (Fsp3) is 1.00. The Morgan fingerprint density at radius 2 is 0.640 bits per heavy atom. The molecule has 0 amide bonds. The van der Waals surface area contributed by atoms with Crippen molar-refractivity contribution in [2.45, 2.75) is 42.2 Å².